The number of hydrogen-bond acceptors (Lipinski definition) is 5. The van der Waals surface area contributed by atoms with Gasteiger partial charge in [0.1, 0.15) is 5.82 Å². The molecule has 0 bridgehead atoms. The largest absolute Gasteiger partial charge is 0.493 e. The predicted molar refractivity (Wildman–Crippen MR) is 95.7 cm³/mol. The van der Waals surface area contributed by atoms with Gasteiger partial charge in [-0.3, -0.25) is 4.79 Å². The summed E-state index contributed by atoms with van der Waals surface area (Å²) in [6.07, 6.45) is 4.67. The van der Waals surface area contributed by atoms with Crippen LogP contribution in [0, 0.1) is 0 Å². The van der Waals surface area contributed by atoms with E-state index in [1.165, 1.54) is 27.4 Å². The highest BCUT2D eigenvalue weighted by Crippen LogP contribution is 2.38. The molecule has 0 unspecified atom stereocenters. The van der Waals surface area contributed by atoms with Gasteiger partial charge in [0.15, 0.2) is 11.5 Å². The zero-order valence-corrected chi connectivity index (χ0v) is 15.1. The van der Waals surface area contributed by atoms with Crippen LogP contribution in [0.3, 0.4) is 0 Å². The number of carbonyl (C=O) groups excluding carboxylic acids is 1. The Morgan fingerprint density at radius 2 is 1.79 bits per heavy atom. The molecule has 0 radical (unpaired) electrons. The molecule has 2 aromatic rings. The van der Waals surface area contributed by atoms with Gasteiger partial charge in [-0.25, -0.2) is 4.98 Å². The van der Waals surface area contributed by atoms with Gasteiger partial charge in [0, 0.05) is 16.7 Å². The van der Waals surface area contributed by atoms with Crippen LogP contribution in [0.1, 0.15) is 5.56 Å². The molecule has 2 rings (SSSR count). The van der Waals surface area contributed by atoms with Crippen molar-refractivity contribution in [3.05, 3.63) is 46.6 Å². The fourth-order valence-corrected chi connectivity index (χ4v) is 2.22. The molecule has 1 aromatic heterocycles. The predicted octanol–water partition coefficient (Wildman–Crippen LogP) is 3.52. The van der Waals surface area contributed by atoms with Crippen LogP contribution < -0.4 is 19.5 Å². The number of pyridine rings is 1. The molecule has 0 atom stereocenters. The third-order valence-electron chi connectivity index (χ3n) is 3.09. The number of methoxy groups -OCH3 is 3. The minimum Gasteiger partial charge on any atom is -0.493 e. The second-order valence-corrected chi connectivity index (χ2v) is 5.56. The van der Waals surface area contributed by atoms with Crippen molar-refractivity contribution in [1.82, 2.24) is 4.98 Å². The van der Waals surface area contributed by atoms with Crippen molar-refractivity contribution >= 4 is 33.7 Å². The number of nitrogens with zero attached hydrogens (tertiary/aromatic N) is 1. The number of anilines is 1. The maximum atomic E-state index is 12.0. The van der Waals surface area contributed by atoms with E-state index in [0.717, 1.165) is 10.0 Å². The van der Waals surface area contributed by atoms with Crippen molar-refractivity contribution < 1.29 is 19.0 Å². The Labute approximate surface area is 148 Å². The van der Waals surface area contributed by atoms with E-state index in [-0.39, 0.29) is 5.91 Å². The lowest BCUT2D eigenvalue weighted by Crippen LogP contribution is -2.08. The first kappa shape index (κ1) is 17.8. The molecular weight excluding hydrogens is 376 g/mol. The molecule has 1 N–H and O–H groups in total. The van der Waals surface area contributed by atoms with E-state index in [0.29, 0.717) is 23.1 Å². The Bertz CT molecular complexity index is 720. The van der Waals surface area contributed by atoms with Crippen molar-refractivity contribution in [2.24, 2.45) is 0 Å². The monoisotopic (exact) mass is 392 g/mol. The molecule has 0 fully saturated rings. The molecule has 0 aliphatic carbocycles. The van der Waals surface area contributed by atoms with E-state index in [1.807, 2.05) is 0 Å². The second-order valence-electron chi connectivity index (χ2n) is 4.64. The van der Waals surface area contributed by atoms with Gasteiger partial charge in [-0.05, 0) is 51.8 Å². The molecule has 0 saturated carbocycles. The number of carbonyl (C=O) groups is 1. The summed E-state index contributed by atoms with van der Waals surface area (Å²) in [5.74, 6) is 1.72. The van der Waals surface area contributed by atoms with E-state index >= 15 is 0 Å². The maximum Gasteiger partial charge on any atom is 0.249 e. The van der Waals surface area contributed by atoms with Crippen LogP contribution in [0.5, 0.6) is 17.2 Å². The van der Waals surface area contributed by atoms with Crippen molar-refractivity contribution in [2.75, 3.05) is 26.6 Å². The van der Waals surface area contributed by atoms with Crippen molar-refractivity contribution in [3.63, 3.8) is 0 Å². The lowest BCUT2D eigenvalue weighted by atomic mass is 10.1. The number of benzene rings is 1. The molecule has 1 aromatic carbocycles. The summed E-state index contributed by atoms with van der Waals surface area (Å²) in [6.45, 7) is 0. The number of nitrogens with one attached hydrogen (secondary N) is 1. The Morgan fingerprint density at radius 3 is 2.29 bits per heavy atom. The van der Waals surface area contributed by atoms with Crippen molar-refractivity contribution in [1.29, 1.82) is 0 Å². The maximum absolute atomic E-state index is 12.0. The minimum atomic E-state index is -0.293. The third kappa shape index (κ3) is 4.48. The lowest BCUT2D eigenvalue weighted by Gasteiger charge is -2.12. The van der Waals surface area contributed by atoms with Crippen LogP contribution in [0.15, 0.2) is 41.0 Å². The number of amides is 1. The molecule has 7 heteroatoms. The second kappa shape index (κ2) is 8.35. The topological polar surface area (TPSA) is 69.7 Å². The first-order valence-corrected chi connectivity index (χ1v) is 7.77. The Balaban J connectivity index is 2.15. The normalized spacial score (nSPS) is 10.5. The van der Waals surface area contributed by atoms with Gasteiger partial charge < -0.3 is 19.5 Å². The van der Waals surface area contributed by atoms with Crippen LogP contribution in [0.2, 0.25) is 0 Å². The van der Waals surface area contributed by atoms with Crippen LogP contribution in [-0.2, 0) is 4.79 Å². The molecule has 1 amide bonds. The molecule has 1 heterocycles. The zero-order chi connectivity index (χ0) is 17.5. The van der Waals surface area contributed by atoms with Gasteiger partial charge in [0.05, 0.1) is 21.3 Å². The Morgan fingerprint density at radius 1 is 1.12 bits per heavy atom. The van der Waals surface area contributed by atoms with Crippen LogP contribution in [0.4, 0.5) is 5.82 Å². The number of ether oxygens (including phenoxy) is 3. The highest BCUT2D eigenvalue weighted by molar-refractivity contribution is 9.10. The molecule has 24 heavy (non-hydrogen) atoms. The summed E-state index contributed by atoms with van der Waals surface area (Å²) in [6, 6.07) is 7.01. The van der Waals surface area contributed by atoms with Gasteiger partial charge in [-0.15, -0.1) is 0 Å². The van der Waals surface area contributed by atoms with E-state index in [2.05, 4.69) is 26.2 Å². The molecule has 0 spiro atoms. The van der Waals surface area contributed by atoms with E-state index in [4.69, 9.17) is 14.2 Å². The highest BCUT2D eigenvalue weighted by atomic mass is 79.9. The zero-order valence-electron chi connectivity index (χ0n) is 13.5. The summed E-state index contributed by atoms with van der Waals surface area (Å²) in [4.78, 5) is 16.0. The molecule has 126 valence electrons. The standard InChI is InChI=1S/C17H17BrN2O4/c1-22-13-8-11(9-14(23-2)17(13)24-3)4-7-16(21)20-15-6-5-12(18)10-19-15/h4-10H,1-3H3,(H,19,20,21)/b7-4+. The third-order valence-corrected chi connectivity index (χ3v) is 3.56. The SMILES string of the molecule is COc1cc(/C=C/C(=O)Nc2ccc(Br)cn2)cc(OC)c1OC. The molecule has 0 aliphatic heterocycles. The van der Waals surface area contributed by atoms with Crippen molar-refractivity contribution in [3.8, 4) is 17.2 Å². The fraction of sp³-hybridized carbons (Fsp3) is 0.176. The molecule has 0 saturated heterocycles. The summed E-state index contributed by atoms with van der Waals surface area (Å²) in [5, 5.41) is 2.67. The Hall–Kier alpha value is -2.54. The molecule has 0 aliphatic rings. The number of aromatic nitrogens is 1. The number of halogens is 1. The fourth-order valence-electron chi connectivity index (χ4n) is 1.99. The van der Waals surface area contributed by atoms with Crippen molar-refractivity contribution in [2.45, 2.75) is 0 Å². The van der Waals surface area contributed by atoms with Crippen LogP contribution >= 0.6 is 15.9 Å². The van der Waals surface area contributed by atoms with Gasteiger partial charge in [-0.2, -0.15) is 0 Å². The van der Waals surface area contributed by atoms with Gasteiger partial charge in [-0.1, -0.05) is 0 Å². The molecule has 6 nitrogen and oxygen atoms in total. The summed E-state index contributed by atoms with van der Waals surface area (Å²) in [7, 11) is 4.61. The first-order chi connectivity index (χ1) is 11.6. The Kier molecular flexibility index (Phi) is 6.20. The lowest BCUT2D eigenvalue weighted by molar-refractivity contribution is -0.111. The van der Waals surface area contributed by atoms with Gasteiger partial charge >= 0.3 is 0 Å². The van der Waals surface area contributed by atoms with E-state index < -0.39 is 0 Å². The highest BCUT2D eigenvalue weighted by Gasteiger charge is 2.12. The van der Waals surface area contributed by atoms with Crippen LogP contribution in [0.25, 0.3) is 6.08 Å². The molecular formula is C17H17BrN2O4. The number of rotatable bonds is 6. The van der Waals surface area contributed by atoms with E-state index in [9.17, 15) is 4.79 Å². The van der Waals surface area contributed by atoms with Gasteiger partial charge in [0.2, 0.25) is 11.7 Å². The summed E-state index contributed by atoms with van der Waals surface area (Å²) < 4.78 is 16.7. The van der Waals surface area contributed by atoms with Gasteiger partial charge in [0.25, 0.3) is 0 Å². The minimum absolute atomic E-state index is 0.293. The average molecular weight is 393 g/mol. The van der Waals surface area contributed by atoms with Crippen LogP contribution in [-0.4, -0.2) is 32.2 Å². The quantitative estimate of drug-likeness (QED) is 0.761. The average Bonchev–Trinajstić information content (AvgIpc) is 2.60. The smallest absolute Gasteiger partial charge is 0.249 e. The van der Waals surface area contributed by atoms with E-state index in [1.54, 1.807) is 36.5 Å². The first-order valence-electron chi connectivity index (χ1n) is 6.98. The number of hydrogen-bond donors (Lipinski definition) is 1. The summed E-state index contributed by atoms with van der Waals surface area (Å²) >= 11 is 3.29. The summed E-state index contributed by atoms with van der Waals surface area (Å²) in [5.41, 5.74) is 0.739.